The lowest BCUT2D eigenvalue weighted by molar-refractivity contribution is -0.158. The van der Waals surface area contributed by atoms with E-state index in [2.05, 4.69) is 0 Å². The second kappa shape index (κ2) is 3.69. The Hall–Kier alpha value is -0.610. The van der Waals surface area contributed by atoms with Gasteiger partial charge in [-0.05, 0) is 20.8 Å². The van der Waals surface area contributed by atoms with Gasteiger partial charge < -0.3 is 15.6 Å². The maximum Gasteiger partial charge on any atom is 0.334 e. The number of hydrogen-bond donors (Lipinski definition) is 2. The van der Waals surface area contributed by atoms with Crippen LogP contribution < -0.4 is 5.73 Å². The summed E-state index contributed by atoms with van der Waals surface area (Å²) in [6.07, 6.45) is -0.894. The van der Waals surface area contributed by atoms with Gasteiger partial charge >= 0.3 is 5.97 Å². The van der Waals surface area contributed by atoms with Gasteiger partial charge in [0.25, 0.3) is 0 Å². The van der Waals surface area contributed by atoms with Gasteiger partial charge in [0.1, 0.15) is 0 Å². The van der Waals surface area contributed by atoms with Crippen LogP contribution in [0.1, 0.15) is 20.8 Å². The van der Waals surface area contributed by atoms with Crippen LogP contribution in [0.25, 0.3) is 0 Å². The SMILES string of the molecule is CC(C)(C)OC(CN)C(=O)O. The molecule has 4 heteroatoms. The third-order valence-corrected chi connectivity index (χ3v) is 0.985. The fourth-order valence-corrected chi connectivity index (χ4v) is 0.626. The van der Waals surface area contributed by atoms with Crippen LogP contribution in [0, 0.1) is 0 Å². The van der Waals surface area contributed by atoms with E-state index in [1.54, 1.807) is 20.8 Å². The van der Waals surface area contributed by atoms with E-state index in [0.717, 1.165) is 0 Å². The number of aliphatic carboxylic acids is 1. The number of carbonyl (C=O) groups is 1. The van der Waals surface area contributed by atoms with Gasteiger partial charge in [-0.25, -0.2) is 4.79 Å². The van der Waals surface area contributed by atoms with Crippen molar-refractivity contribution >= 4 is 5.97 Å². The van der Waals surface area contributed by atoms with Crippen molar-refractivity contribution < 1.29 is 14.6 Å². The van der Waals surface area contributed by atoms with E-state index in [1.165, 1.54) is 0 Å². The Kier molecular flexibility index (Phi) is 3.48. The minimum Gasteiger partial charge on any atom is -0.479 e. The van der Waals surface area contributed by atoms with E-state index in [-0.39, 0.29) is 6.54 Å². The molecule has 0 saturated carbocycles. The van der Waals surface area contributed by atoms with Crippen molar-refractivity contribution in [3.63, 3.8) is 0 Å². The number of nitrogens with two attached hydrogens (primary N) is 1. The first kappa shape index (κ1) is 10.4. The first-order valence-electron chi connectivity index (χ1n) is 3.47. The molecule has 0 aliphatic heterocycles. The predicted molar refractivity (Wildman–Crippen MR) is 41.3 cm³/mol. The van der Waals surface area contributed by atoms with E-state index >= 15 is 0 Å². The van der Waals surface area contributed by atoms with Crippen molar-refractivity contribution in [2.24, 2.45) is 5.73 Å². The van der Waals surface area contributed by atoms with Crippen LogP contribution in [0.4, 0.5) is 0 Å². The van der Waals surface area contributed by atoms with Crippen LogP contribution >= 0.6 is 0 Å². The Morgan fingerprint density at radius 3 is 2.18 bits per heavy atom. The largest absolute Gasteiger partial charge is 0.479 e. The molecule has 0 fully saturated rings. The molecule has 3 N–H and O–H groups in total. The number of carboxylic acids is 1. The van der Waals surface area contributed by atoms with Gasteiger partial charge in [0, 0.05) is 6.54 Å². The summed E-state index contributed by atoms with van der Waals surface area (Å²) in [6.45, 7) is 5.38. The Labute approximate surface area is 66.3 Å². The van der Waals surface area contributed by atoms with Crippen molar-refractivity contribution in [2.45, 2.75) is 32.5 Å². The maximum absolute atomic E-state index is 10.4. The monoisotopic (exact) mass is 161 g/mol. The molecule has 1 atom stereocenters. The molecule has 0 spiro atoms. The molecule has 0 heterocycles. The van der Waals surface area contributed by atoms with E-state index in [1.807, 2.05) is 0 Å². The first-order valence-corrected chi connectivity index (χ1v) is 3.47. The zero-order valence-corrected chi connectivity index (χ0v) is 7.13. The second-order valence-electron chi connectivity index (χ2n) is 3.29. The summed E-state index contributed by atoms with van der Waals surface area (Å²) in [5, 5.41) is 8.53. The third kappa shape index (κ3) is 4.75. The van der Waals surface area contributed by atoms with Gasteiger partial charge in [0.2, 0.25) is 0 Å². The lowest BCUT2D eigenvalue weighted by Gasteiger charge is -2.23. The summed E-state index contributed by atoms with van der Waals surface area (Å²) in [5.41, 5.74) is 4.72. The Morgan fingerprint density at radius 2 is 2.09 bits per heavy atom. The Bertz CT molecular complexity index is 139. The molecule has 0 bridgehead atoms. The van der Waals surface area contributed by atoms with Gasteiger partial charge in [-0.3, -0.25) is 0 Å². The molecule has 0 aliphatic rings. The average molecular weight is 161 g/mol. The van der Waals surface area contributed by atoms with Gasteiger partial charge in [0.15, 0.2) is 6.10 Å². The van der Waals surface area contributed by atoms with E-state index in [9.17, 15) is 4.79 Å². The number of ether oxygens (including phenoxy) is 1. The van der Waals surface area contributed by atoms with Gasteiger partial charge in [-0.2, -0.15) is 0 Å². The lowest BCUT2D eigenvalue weighted by Crippen LogP contribution is -2.38. The smallest absolute Gasteiger partial charge is 0.334 e. The molecule has 0 aromatic rings. The van der Waals surface area contributed by atoms with Crippen LogP contribution in [0.15, 0.2) is 0 Å². The average Bonchev–Trinajstić information content (AvgIpc) is 1.80. The molecule has 0 saturated heterocycles. The fourth-order valence-electron chi connectivity index (χ4n) is 0.626. The second-order valence-corrected chi connectivity index (χ2v) is 3.29. The highest BCUT2D eigenvalue weighted by Gasteiger charge is 2.22. The molecular formula is C7H15NO3. The molecular weight excluding hydrogens is 146 g/mol. The standard InChI is InChI=1S/C7H15NO3/c1-7(2,3)11-5(4-8)6(9)10/h5H,4,8H2,1-3H3,(H,9,10). The molecule has 0 amide bonds. The first-order chi connectivity index (χ1) is 4.87. The topological polar surface area (TPSA) is 72.5 Å². The highest BCUT2D eigenvalue weighted by atomic mass is 16.5. The summed E-state index contributed by atoms with van der Waals surface area (Å²) in [7, 11) is 0. The highest BCUT2D eigenvalue weighted by molar-refractivity contribution is 5.72. The van der Waals surface area contributed by atoms with Crippen molar-refractivity contribution in [3.8, 4) is 0 Å². The van der Waals surface area contributed by atoms with Crippen molar-refractivity contribution in [2.75, 3.05) is 6.54 Å². The van der Waals surface area contributed by atoms with Crippen molar-refractivity contribution in [3.05, 3.63) is 0 Å². The quantitative estimate of drug-likeness (QED) is 0.620. The lowest BCUT2D eigenvalue weighted by atomic mass is 10.2. The molecule has 0 aliphatic carbocycles. The van der Waals surface area contributed by atoms with Crippen LogP contribution in [-0.4, -0.2) is 29.3 Å². The zero-order chi connectivity index (χ0) is 9.07. The van der Waals surface area contributed by atoms with Crippen LogP contribution in [0.3, 0.4) is 0 Å². The van der Waals surface area contributed by atoms with E-state index in [4.69, 9.17) is 15.6 Å². The predicted octanol–water partition coefficient (Wildman–Crippen LogP) is 0.213. The molecule has 0 radical (unpaired) electrons. The Balaban J connectivity index is 3.99. The summed E-state index contributed by atoms with van der Waals surface area (Å²) < 4.78 is 5.12. The zero-order valence-electron chi connectivity index (χ0n) is 7.13. The number of hydrogen-bond acceptors (Lipinski definition) is 3. The van der Waals surface area contributed by atoms with Gasteiger partial charge in [-0.1, -0.05) is 0 Å². The number of carboxylic acid groups (broad SMARTS) is 1. The highest BCUT2D eigenvalue weighted by Crippen LogP contribution is 2.09. The molecule has 1 unspecified atom stereocenters. The minimum atomic E-state index is -1.01. The molecule has 0 rings (SSSR count). The van der Waals surface area contributed by atoms with E-state index < -0.39 is 17.7 Å². The van der Waals surface area contributed by atoms with Crippen molar-refractivity contribution in [1.82, 2.24) is 0 Å². The summed E-state index contributed by atoms with van der Waals surface area (Å²) in [4.78, 5) is 10.4. The van der Waals surface area contributed by atoms with Gasteiger partial charge in [-0.15, -0.1) is 0 Å². The fraction of sp³-hybridized carbons (Fsp3) is 0.857. The third-order valence-electron chi connectivity index (χ3n) is 0.985. The molecule has 4 nitrogen and oxygen atoms in total. The van der Waals surface area contributed by atoms with Crippen LogP contribution in [0.5, 0.6) is 0 Å². The molecule has 0 aromatic heterocycles. The summed E-state index contributed by atoms with van der Waals surface area (Å²) >= 11 is 0. The molecule has 0 aromatic carbocycles. The van der Waals surface area contributed by atoms with Crippen molar-refractivity contribution in [1.29, 1.82) is 0 Å². The van der Waals surface area contributed by atoms with Crippen LogP contribution in [-0.2, 0) is 9.53 Å². The summed E-state index contributed by atoms with van der Waals surface area (Å²) in [6, 6.07) is 0. The molecule has 11 heavy (non-hydrogen) atoms. The summed E-state index contributed by atoms with van der Waals surface area (Å²) in [5.74, 6) is -1.01. The normalized spacial score (nSPS) is 14.5. The van der Waals surface area contributed by atoms with E-state index in [0.29, 0.717) is 0 Å². The maximum atomic E-state index is 10.4. The van der Waals surface area contributed by atoms with Crippen LogP contribution in [0.2, 0.25) is 0 Å². The molecule has 66 valence electrons. The minimum absolute atomic E-state index is 0.00655. The van der Waals surface area contributed by atoms with Gasteiger partial charge in [0.05, 0.1) is 5.60 Å². The Morgan fingerprint density at radius 1 is 1.64 bits per heavy atom. The number of rotatable bonds is 3.